The molecule has 0 saturated heterocycles. The highest BCUT2D eigenvalue weighted by Crippen LogP contribution is 2.12. The molecule has 5 heteroatoms. The summed E-state index contributed by atoms with van der Waals surface area (Å²) in [6, 6.07) is 1.50. The molecule has 1 N–H and O–H groups in total. The summed E-state index contributed by atoms with van der Waals surface area (Å²) in [6.07, 6.45) is 2.33. The number of fused-ring (bicyclic) bond motifs is 1. The smallest absolute Gasteiger partial charge is 0.354 e. The summed E-state index contributed by atoms with van der Waals surface area (Å²) >= 11 is 0. The molecule has 0 amide bonds. The number of hydrogen-bond acceptors (Lipinski definition) is 2. The standard InChI is InChI=1S/C9H7FN2O2/c1-5-2-8-11-3-7(9(13)14)12(8)4-6(5)10/h2-4H,1H3,(H,13,14). The number of carboxylic acid groups (broad SMARTS) is 1. The molecule has 0 spiro atoms. The number of hydrogen-bond donors (Lipinski definition) is 1. The number of imidazole rings is 1. The molecular weight excluding hydrogens is 187 g/mol. The van der Waals surface area contributed by atoms with Crippen LogP contribution in [0.5, 0.6) is 0 Å². The van der Waals surface area contributed by atoms with Gasteiger partial charge < -0.3 is 5.11 Å². The lowest BCUT2D eigenvalue weighted by Gasteiger charge is -1.99. The SMILES string of the molecule is Cc1cc2ncc(C(=O)O)n2cc1F. The molecule has 0 aliphatic rings. The number of halogens is 1. The lowest BCUT2D eigenvalue weighted by atomic mass is 10.3. The molecule has 0 aliphatic carbocycles. The first-order valence-electron chi connectivity index (χ1n) is 3.96. The van der Waals surface area contributed by atoms with Gasteiger partial charge in [0.2, 0.25) is 0 Å². The van der Waals surface area contributed by atoms with Crippen molar-refractivity contribution in [3.63, 3.8) is 0 Å². The van der Waals surface area contributed by atoms with Gasteiger partial charge in [0.1, 0.15) is 11.5 Å². The quantitative estimate of drug-likeness (QED) is 0.748. The fourth-order valence-corrected chi connectivity index (χ4v) is 1.25. The van der Waals surface area contributed by atoms with E-state index in [0.717, 1.165) is 6.20 Å². The Bertz CT molecular complexity index is 519. The molecule has 72 valence electrons. The van der Waals surface area contributed by atoms with Crippen molar-refractivity contribution >= 4 is 11.6 Å². The van der Waals surface area contributed by atoms with Gasteiger partial charge in [0, 0.05) is 6.20 Å². The van der Waals surface area contributed by atoms with Crippen molar-refractivity contribution in [2.75, 3.05) is 0 Å². The second-order valence-corrected chi connectivity index (χ2v) is 2.98. The average molecular weight is 194 g/mol. The Kier molecular flexibility index (Phi) is 1.73. The lowest BCUT2D eigenvalue weighted by Crippen LogP contribution is -2.02. The van der Waals surface area contributed by atoms with Gasteiger partial charge in [-0.05, 0) is 18.6 Å². The first-order chi connectivity index (χ1) is 6.59. The van der Waals surface area contributed by atoms with E-state index in [-0.39, 0.29) is 5.69 Å². The largest absolute Gasteiger partial charge is 0.477 e. The zero-order valence-electron chi connectivity index (χ0n) is 7.36. The molecule has 0 atom stereocenters. The Morgan fingerprint density at radius 1 is 1.64 bits per heavy atom. The maximum atomic E-state index is 13.1. The third kappa shape index (κ3) is 1.14. The normalized spacial score (nSPS) is 10.7. The number of nitrogens with zero attached hydrogens (tertiary/aromatic N) is 2. The highest BCUT2D eigenvalue weighted by atomic mass is 19.1. The van der Waals surface area contributed by atoms with Crippen molar-refractivity contribution in [3.05, 3.63) is 35.5 Å². The number of carbonyl (C=O) groups is 1. The van der Waals surface area contributed by atoms with Crippen LogP contribution in [0.4, 0.5) is 4.39 Å². The number of aromatic carboxylic acids is 1. The molecule has 0 aromatic carbocycles. The first kappa shape index (κ1) is 8.68. The van der Waals surface area contributed by atoms with Gasteiger partial charge in [0.25, 0.3) is 0 Å². The zero-order valence-corrected chi connectivity index (χ0v) is 7.36. The third-order valence-corrected chi connectivity index (χ3v) is 2.01. The Hall–Kier alpha value is -1.91. The van der Waals surface area contributed by atoms with Crippen LogP contribution in [0.1, 0.15) is 16.1 Å². The number of pyridine rings is 1. The molecule has 2 aromatic rings. The van der Waals surface area contributed by atoms with Gasteiger partial charge in [-0.15, -0.1) is 0 Å². The molecule has 0 saturated carbocycles. The van der Waals surface area contributed by atoms with Crippen molar-refractivity contribution < 1.29 is 14.3 Å². The van der Waals surface area contributed by atoms with Gasteiger partial charge in [-0.1, -0.05) is 0 Å². The highest BCUT2D eigenvalue weighted by molar-refractivity contribution is 5.86. The molecule has 0 fully saturated rings. The minimum atomic E-state index is -1.12. The van der Waals surface area contributed by atoms with E-state index in [4.69, 9.17) is 5.11 Å². The molecule has 14 heavy (non-hydrogen) atoms. The first-order valence-corrected chi connectivity index (χ1v) is 3.96. The van der Waals surface area contributed by atoms with Crippen molar-refractivity contribution in [1.29, 1.82) is 0 Å². The Balaban J connectivity index is 2.80. The molecule has 2 aromatic heterocycles. The van der Waals surface area contributed by atoms with Gasteiger partial charge in [-0.2, -0.15) is 0 Å². The summed E-state index contributed by atoms with van der Waals surface area (Å²) in [6.45, 7) is 1.60. The number of rotatable bonds is 1. The molecule has 0 bridgehead atoms. The minimum absolute atomic E-state index is 0.0427. The fourth-order valence-electron chi connectivity index (χ4n) is 1.25. The van der Waals surface area contributed by atoms with Gasteiger partial charge in [0.15, 0.2) is 5.69 Å². The van der Waals surface area contributed by atoms with Gasteiger partial charge in [0.05, 0.1) is 6.20 Å². The van der Waals surface area contributed by atoms with E-state index in [1.54, 1.807) is 6.92 Å². The van der Waals surface area contributed by atoms with Crippen LogP contribution in [0.3, 0.4) is 0 Å². The second-order valence-electron chi connectivity index (χ2n) is 2.98. The third-order valence-electron chi connectivity index (χ3n) is 2.01. The van der Waals surface area contributed by atoms with E-state index in [1.807, 2.05) is 0 Å². The van der Waals surface area contributed by atoms with Crippen LogP contribution in [0.25, 0.3) is 5.65 Å². The highest BCUT2D eigenvalue weighted by Gasteiger charge is 2.11. The van der Waals surface area contributed by atoms with Crippen LogP contribution in [0.2, 0.25) is 0 Å². The summed E-state index contributed by atoms with van der Waals surface area (Å²) in [7, 11) is 0. The molecule has 0 aliphatic heterocycles. The van der Waals surface area contributed by atoms with Crippen molar-refractivity contribution in [1.82, 2.24) is 9.38 Å². The van der Waals surface area contributed by atoms with Crippen LogP contribution >= 0.6 is 0 Å². The number of carboxylic acids is 1. The predicted octanol–water partition coefficient (Wildman–Crippen LogP) is 1.48. The number of aryl methyl sites for hydroxylation is 1. The molecular formula is C9H7FN2O2. The molecule has 4 nitrogen and oxygen atoms in total. The van der Waals surface area contributed by atoms with Gasteiger partial charge >= 0.3 is 5.97 Å². The van der Waals surface area contributed by atoms with E-state index in [2.05, 4.69) is 4.98 Å². The molecule has 2 rings (SSSR count). The summed E-state index contributed by atoms with van der Waals surface area (Å²) in [4.78, 5) is 14.5. The minimum Gasteiger partial charge on any atom is -0.477 e. The summed E-state index contributed by atoms with van der Waals surface area (Å²) in [5.41, 5.74) is 0.834. The topological polar surface area (TPSA) is 54.6 Å². The van der Waals surface area contributed by atoms with Crippen molar-refractivity contribution in [2.45, 2.75) is 6.92 Å². The van der Waals surface area contributed by atoms with Gasteiger partial charge in [-0.3, -0.25) is 4.40 Å². The van der Waals surface area contributed by atoms with E-state index >= 15 is 0 Å². The van der Waals surface area contributed by atoms with Gasteiger partial charge in [-0.25, -0.2) is 14.2 Å². The lowest BCUT2D eigenvalue weighted by molar-refractivity contribution is 0.0689. The molecule has 0 unspecified atom stereocenters. The average Bonchev–Trinajstić information content (AvgIpc) is 2.48. The van der Waals surface area contributed by atoms with Crippen LogP contribution in [-0.4, -0.2) is 20.5 Å². The maximum absolute atomic E-state index is 13.1. The predicted molar refractivity (Wildman–Crippen MR) is 46.8 cm³/mol. The Morgan fingerprint density at radius 3 is 3.00 bits per heavy atom. The zero-order chi connectivity index (χ0) is 10.3. The second kappa shape index (κ2) is 2.80. The van der Waals surface area contributed by atoms with Crippen molar-refractivity contribution in [3.8, 4) is 0 Å². The van der Waals surface area contributed by atoms with Crippen LogP contribution in [0, 0.1) is 12.7 Å². The summed E-state index contributed by atoms with van der Waals surface area (Å²) in [5.74, 6) is -1.57. The molecule has 2 heterocycles. The van der Waals surface area contributed by atoms with Crippen LogP contribution in [0.15, 0.2) is 18.5 Å². The van der Waals surface area contributed by atoms with Crippen LogP contribution < -0.4 is 0 Å². The Morgan fingerprint density at radius 2 is 2.36 bits per heavy atom. The van der Waals surface area contributed by atoms with Crippen LogP contribution in [-0.2, 0) is 0 Å². The monoisotopic (exact) mass is 194 g/mol. The number of aromatic nitrogens is 2. The summed E-state index contributed by atoms with van der Waals surface area (Å²) < 4.78 is 14.3. The fraction of sp³-hybridized carbons (Fsp3) is 0.111. The maximum Gasteiger partial charge on any atom is 0.354 e. The van der Waals surface area contributed by atoms with E-state index < -0.39 is 11.8 Å². The van der Waals surface area contributed by atoms with E-state index in [1.165, 1.54) is 16.7 Å². The molecule has 0 radical (unpaired) electrons. The summed E-state index contributed by atoms with van der Waals surface area (Å²) in [5, 5.41) is 8.75. The van der Waals surface area contributed by atoms with Crippen molar-refractivity contribution in [2.24, 2.45) is 0 Å². The van der Waals surface area contributed by atoms with E-state index in [0.29, 0.717) is 11.2 Å². The Labute approximate surface area is 78.6 Å². The van der Waals surface area contributed by atoms with E-state index in [9.17, 15) is 9.18 Å².